The smallest absolute Gasteiger partial charge is 0.238 e. The molecule has 0 fully saturated rings. The van der Waals surface area contributed by atoms with E-state index in [4.69, 9.17) is 9.47 Å². The molecule has 1 aromatic heterocycles. The van der Waals surface area contributed by atoms with Crippen molar-refractivity contribution < 1.29 is 19.1 Å². The molecule has 1 aliphatic heterocycles. The standard InChI is InChI=1S/C23H25N3O4/c1-3-26(13-19(27)23-15(2)24-18-7-5-4-6-17(18)23)14-22(28)25-16-8-9-20-21(12-16)30-11-10-29-20/h4-9,12,24H,3,10-11,13-14H2,1-2H3,(H,25,28). The van der Waals surface area contributed by atoms with Crippen LogP contribution >= 0.6 is 0 Å². The van der Waals surface area contributed by atoms with Gasteiger partial charge in [0.05, 0.1) is 13.1 Å². The summed E-state index contributed by atoms with van der Waals surface area (Å²) in [5.74, 6) is 1.11. The summed E-state index contributed by atoms with van der Waals surface area (Å²) >= 11 is 0. The van der Waals surface area contributed by atoms with E-state index in [9.17, 15) is 9.59 Å². The number of H-pyrrole nitrogens is 1. The number of carbonyl (C=O) groups excluding carboxylic acids is 2. The highest BCUT2D eigenvalue weighted by Gasteiger charge is 2.20. The zero-order valence-electron chi connectivity index (χ0n) is 17.2. The third-order valence-electron chi connectivity index (χ3n) is 5.18. The van der Waals surface area contributed by atoms with E-state index < -0.39 is 0 Å². The van der Waals surface area contributed by atoms with Gasteiger partial charge < -0.3 is 19.8 Å². The minimum absolute atomic E-state index is 0.000991. The van der Waals surface area contributed by atoms with Crippen LogP contribution < -0.4 is 14.8 Å². The molecule has 0 saturated heterocycles. The Morgan fingerprint density at radius 2 is 1.83 bits per heavy atom. The van der Waals surface area contributed by atoms with Crippen molar-refractivity contribution in [2.24, 2.45) is 0 Å². The van der Waals surface area contributed by atoms with Crippen molar-refractivity contribution in [1.82, 2.24) is 9.88 Å². The Kier molecular flexibility index (Phi) is 5.72. The molecule has 1 aliphatic rings. The first-order valence-corrected chi connectivity index (χ1v) is 10.1. The average Bonchev–Trinajstić information content (AvgIpc) is 3.08. The Morgan fingerprint density at radius 1 is 1.07 bits per heavy atom. The molecule has 30 heavy (non-hydrogen) atoms. The number of carbonyl (C=O) groups is 2. The van der Waals surface area contributed by atoms with Gasteiger partial charge in [0.25, 0.3) is 0 Å². The summed E-state index contributed by atoms with van der Waals surface area (Å²) < 4.78 is 11.1. The van der Waals surface area contributed by atoms with Gasteiger partial charge in [-0.3, -0.25) is 14.5 Å². The molecule has 0 bridgehead atoms. The molecule has 7 heteroatoms. The van der Waals surface area contributed by atoms with Gasteiger partial charge in [-0.05, 0) is 31.7 Å². The van der Waals surface area contributed by atoms with Crippen molar-refractivity contribution in [1.29, 1.82) is 0 Å². The Morgan fingerprint density at radius 3 is 2.63 bits per heavy atom. The SMILES string of the molecule is CCN(CC(=O)Nc1ccc2c(c1)OCCO2)CC(=O)c1c(C)[nH]c2ccccc12. The largest absolute Gasteiger partial charge is 0.486 e. The summed E-state index contributed by atoms with van der Waals surface area (Å²) in [5, 5.41) is 3.79. The number of para-hydroxylation sites is 1. The molecule has 3 aromatic rings. The zero-order valence-corrected chi connectivity index (χ0v) is 17.2. The minimum Gasteiger partial charge on any atom is -0.486 e. The zero-order chi connectivity index (χ0) is 21.1. The predicted octanol–water partition coefficient (Wildman–Crippen LogP) is 3.39. The second kappa shape index (κ2) is 8.59. The normalized spacial score (nSPS) is 12.9. The molecule has 7 nitrogen and oxygen atoms in total. The van der Waals surface area contributed by atoms with E-state index in [0.29, 0.717) is 42.5 Å². The van der Waals surface area contributed by atoms with Crippen molar-refractivity contribution in [2.45, 2.75) is 13.8 Å². The van der Waals surface area contributed by atoms with Crippen LogP contribution in [0.3, 0.4) is 0 Å². The third kappa shape index (κ3) is 4.16. The van der Waals surface area contributed by atoms with Crippen LogP contribution in [0.5, 0.6) is 11.5 Å². The number of rotatable bonds is 7. The molecule has 1 amide bonds. The number of likely N-dealkylation sites (N-methyl/N-ethyl adjacent to an activating group) is 1. The first-order valence-electron chi connectivity index (χ1n) is 10.1. The van der Waals surface area contributed by atoms with E-state index in [1.807, 2.05) is 43.0 Å². The highest BCUT2D eigenvalue weighted by molar-refractivity contribution is 6.10. The maximum atomic E-state index is 13.0. The molecular formula is C23H25N3O4. The van der Waals surface area contributed by atoms with Crippen LogP contribution in [0.25, 0.3) is 10.9 Å². The average molecular weight is 407 g/mol. The summed E-state index contributed by atoms with van der Waals surface area (Å²) in [6, 6.07) is 13.1. The molecule has 2 N–H and O–H groups in total. The number of benzene rings is 2. The minimum atomic E-state index is -0.183. The molecule has 0 unspecified atom stereocenters. The van der Waals surface area contributed by atoms with Crippen molar-refractivity contribution in [3.63, 3.8) is 0 Å². The lowest BCUT2D eigenvalue weighted by molar-refractivity contribution is -0.117. The van der Waals surface area contributed by atoms with E-state index in [1.165, 1.54) is 0 Å². The van der Waals surface area contributed by atoms with Crippen LogP contribution in [0.1, 0.15) is 23.0 Å². The van der Waals surface area contributed by atoms with Crippen molar-refractivity contribution in [3.05, 3.63) is 53.7 Å². The molecule has 0 radical (unpaired) electrons. The van der Waals surface area contributed by atoms with Crippen LogP contribution in [-0.2, 0) is 4.79 Å². The first kappa shape index (κ1) is 20.0. The van der Waals surface area contributed by atoms with Crippen molar-refractivity contribution >= 4 is 28.3 Å². The quantitative estimate of drug-likeness (QED) is 0.587. The van der Waals surface area contributed by atoms with Crippen molar-refractivity contribution in [3.8, 4) is 11.5 Å². The number of nitrogens with zero attached hydrogens (tertiary/aromatic N) is 1. The lowest BCUT2D eigenvalue weighted by Gasteiger charge is -2.21. The maximum Gasteiger partial charge on any atom is 0.238 e. The number of aromatic nitrogens is 1. The number of fused-ring (bicyclic) bond motifs is 2. The number of amides is 1. The van der Waals surface area contributed by atoms with E-state index in [0.717, 1.165) is 16.6 Å². The van der Waals surface area contributed by atoms with E-state index in [1.54, 1.807) is 18.2 Å². The van der Waals surface area contributed by atoms with E-state index in [2.05, 4.69) is 10.3 Å². The fraction of sp³-hybridized carbons (Fsp3) is 0.304. The molecular weight excluding hydrogens is 382 g/mol. The number of hydrogen-bond donors (Lipinski definition) is 2. The summed E-state index contributed by atoms with van der Waals surface area (Å²) in [4.78, 5) is 30.6. The van der Waals surface area contributed by atoms with E-state index >= 15 is 0 Å². The topological polar surface area (TPSA) is 83.7 Å². The lowest BCUT2D eigenvalue weighted by Crippen LogP contribution is -2.37. The molecule has 4 rings (SSSR count). The number of Topliss-reactive ketones (excluding diaryl/α,β-unsaturated/α-hetero) is 1. The van der Waals surface area contributed by atoms with E-state index in [-0.39, 0.29) is 24.8 Å². The lowest BCUT2D eigenvalue weighted by atomic mass is 10.1. The molecule has 0 aliphatic carbocycles. The summed E-state index contributed by atoms with van der Waals surface area (Å²) in [6.45, 7) is 5.73. The van der Waals surface area contributed by atoms with Gasteiger partial charge in [0.2, 0.25) is 5.91 Å². The Balaban J connectivity index is 1.41. The molecule has 0 atom stereocenters. The fourth-order valence-corrected chi connectivity index (χ4v) is 3.72. The fourth-order valence-electron chi connectivity index (χ4n) is 3.72. The number of nitrogens with one attached hydrogen (secondary N) is 2. The van der Waals surface area contributed by atoms with Crippen LogP contribution in [0.4, 0.5) is 5.69 Å². The summed E-state index contributed by atoms with van der Waals surface area (Å²) in [7, 11) is 0. The second-order valence-electron chi connectivity index (χ2n) is 7.30. The van der Waals surface area contributed by atoms with Gasteiger partial charge in [-0.15, -0.1) is 0 Å². The van der Waals surface area contributed by atoms with Crippen LogP contribution in [0.2, 0.25) is 0 Å². The van der Waals surface area contributed by atoms with Gasteiger partial charge in [0, 0.05) is 33.9 Å². The first-order chi connectivity index (χ1) is 14.5. The number of hydrogen-bond acceptors (Lipinski definition) is 5. The number of anilines is 1. The number of ketones is 1. The molecule has 156 valence electrons. The number of ether oxygens (including phenoxy) is 2. The number of aryl methyl sites for hydroxylation is 1. The third-order valence-corrected chi connectivity index (χ3v) is 5.18. The Labute approximate surface area is 175 Å². The van der Waals surface area contributed by atoms with Gasteiger partial charge in [-0.25, -0.2) is 0 Å². The van der Waals surface area contributed by atoms with Crippen LogP contribution in [0.15, 0.2) is 42.5 Å². The monoisotopic (exact) mass is 407 g/mol. The molecule has 0 saturated carbocycles. The highest BCUT2D eigenvalue weighted by Crippen LogP contribution is 2.32. The molecule has 0 spiro atoms. The maximum absolute atomic E-state index is 13.0. The molecule has 2 aromatic carbocycles. The van der Waals surface area contributed by atoms with Gasteiger partial charge in [-0.1, -0.05) is 25.1 Å². The highest BCUT2D eigenvalue weighted by atomic mass is 16.6. The van der Waals surface area contributed by atoms with Gasteiger partial charge >= 0.3 is 0 Å². The van der Waals surface area contributed by atoms with Gasteiger partial charge in [0.1, 0.15) is 13.2 Å². The van der Waals surface area contributed by atoms with Crippen LogP contribution in [-0.4, -0.2) is 54.4 Å². The molecule has 2 heterocycles. The predicted molar refractivity (Wildman–Crippen MR) is 116 cm³/mol. The van der Waals surface area contributed by atoms with Gasteiger partial charge in [0.15, 0.2) is 17.3 Å². The summed E-state index contributed by atoms with van der Waals surface area (Å²) in [5.41, 5.74) is 3.12. The van der Waals surface area contributed by atoms with Crippen LogP contribution in [0, 0.1) is 6.92 Å². The summed E-state index contributed by atoms with van der Waals surface area (Å²) in [6.07, 6.45) is 0. The Hall–Kier alpha value is -3.32. The van der Waals surface area contributed by atoms with Crippen molar-refractivity contribution in [2.75, 3.05) is 38.2 Å². The Bertz CT molecular complexity index is 1090. The number of aromatic amines is 1. The second-order valence-corrected chi connectivity index (χ2v) is 7.30. The van der Waals surface area contributed by atoms with Gasteiger partial charge in [-0.2, -0.15) is 0 Å².